The van der Waals surface area contributed by atoms with Gasteiger partial charge in [0.15, 0.2) is 0 Å². The number of nitrogens with one attached hydrogen (secondary N) is 1. The first kappa shape index (κ1) is 24.5. The lowest BCUT2D eigenvalue weighted by Gasteiger charge is -2.25. The zero-order valence-corrected chi connectivity index (χ0v) is 18.0. The normalized spacial score (nSPS) is 21.9. The van der Waals surface area contributed by atoms with Gasteiger partial charge in [0, 0.05) is 45.7 Å². The Bertz CT molecular complexity index is 455. The first-order valence-electron chi connectivity index (χ1n) is 10.2. The van der Waals surface area contributed by atoms with E-state index in [4.69, 9.17) is 0 Å². The molecule has 2 amide bonds. The summed E-state index contributed by atoms with van der Waals surface area (Å²) in [7, 11) is 0. The molecule has 1 N–H and O–H groups in total. The predicted molar refractivity (Wildman–Crippen MR) is 113 cm³/mol. The summed E-state index contributed by atoms with van der Waals surface area (Å²) in [6, 6.07) is 0. The smallest absolute Gasteiger partial charge is 0.236 e. The number of likely N-dealkylation sites (tertiary alicyclic amines) is 1. The standard InChI is InChI=1S/C19H34N4O2.2ClH/c24-18(5-4-17-6-8-20-9-7-17)23-13-3-10-21(14-15-23)16-19(25)22-11-1-2-12-22;;/h17,20H,1-16H2;2*1H. The summed E-state index contributed by atoms with van der Waals surface area (Å²) in [5, 5.41) is 3.38. The molecule has 0 aromatic heterocycles. The van der Waals surface area contributed by atoms with Gasteiger partial charge in [-0.25, -0.2) is 0 Å². The molecule has 0 aliphatic carbocycles. The Labute approximate surface area is 176 Å². The number of rotatable bonds is 5. The molecule has 0 unspecified atom stereocenters. The van der Waals surface area contributed by atoms with Gasteiger partial charge < -0.3 is 15.1 Å². The molecule has 0 aromatic carbocycles. The van der Waals surface area contributed by atoms with Gasteiger partial charge in [0.05, 0.1) is 6.54 Å². The molecule has 0 spiro atoms. The van der Waals surface area contributed by atoms with Crippen molar-refractivity contribution in [2.75, 3.05) is 58.9 Å². The Morgan fingerprint density at radius 3 is 2.11 bits per heavy atom. The van der Waals surface area contributed by atoms with Crippen LogP contribution in [-0.2, 0) is 9.59 Å². The molecule has 3 rings (SSSR count). The van der Waals surface area contributed by atoms with E-state index in [0.717, 1.165) is 78.0 Å². The average Bonchev–Trinajstić information content (AvgIpc) is 3.08. The Hall–Kier alpha value is -0.560. The van der Waals surface area contributed by atoms with Crippen LogP contribution in [0.1, 0.15) is 44.9 Å². The minimum absolute atomic E-state index is 0. The molecule has 6 nitrogen and oxygen atoms in total. The highest BCUT2D eigenvalue weighted by Gasteiger charge is 2.24. The molecule has 3 fully saturated rings. The summed E-state index contributed by atoms with van der Waals surface area (Å²) in [5.41, 5.74) is 0. The van der Waals surface area contributed by atoms with Crippen molar-refractivity contribution in [1.82, 2.24) is 20.0 Å². The van der Waals surface area contributed by atoms with Crippen LogP contribution in [0.4, 0.5) is 0 Å². The summed E-state index contributed by atoms with van der Waals surface area (Å²) in [4.78, 5) is 31.1. The molecule has 0 aromatic rings. The highest BCUT2D eigenvalue weighted by Crippen LogP contribution is 2.19. The van der Waals surface area contributed by atoms with Gasteiger partial charge >= 0.3 is 0 Å². The molecule has 0 atom stereocenters. The quantitative estimate of drug-likeness (QED) is 0.733. The maximum Gasteiger partial charge on any atom is 0.236 e. The van der Waals surface area contributed by atoms with Gasteiger partial charge in [0.25, 0.3) is 0 Å². The first-order valence-corrected chi connectivity index (χ1v) is 10.2. The van der Waals surface area contributed by atoms with Crippen molar-refractivity contribution in [3.05, 3.63) is 0 Å². The SMILES string of the molecule is Cl.Cl.O=C(CCC1CCNCC1)N1CCCN(CC(=O)N2CCCC2)CC1. The number of nitrogens with zero attached hydrogens (tertiary/aromatic N) is 3. The number of carbonyl (C=O) groups is 2. The molecular formula is C19H36Cl2N4O2. The van der Waals surface area contributed by atoms with Gasteiger partial charge in [-0.05, 0) is 57.5 Å². The summed E-state index contributed by atoms with van der Waals surface area (Å²) < 4.78 is 0. The van der Waals surface area contributed by atoms with Crippen molar-refractivity contribution < 1.29 is 9.59 Å². The van der Waals surface area contributed by atoms with Crippen LogP contribution >= 0.6 is 24.8 Å². The fourth-order valence-electron chi connectivity index (χ4n) is 4.29. The molecule has 3 heterocycles. The van der Waals surface area contributed by atoms with Crippen molar-refractivity contribution in [1.29, 1.82) is 0 Å². The van der Waals surface area contributed by atoms with Crippen LogP contribution in [0.2, 0.25) is 0 Å². The lowest BCUT2D eigenvalue weighted by Crippen LogP contribution is -2.41. The van der Waals surface area contributed by atoms with E-state index >= 15 is 0 Å². The lowest BCUT2D eigenvalue weighted by atomic mass is 9.93. The second kappa shape index (κ2) is 12.8. The van der Waals surface area contributed by atoms with E-state index in [0.29, 0.717) is 24.8 Å². The molecule has 158 valence electrons. The topological polar surface area (TPSA) is 55.9 Å². The maximum atomic E-state index is 12.5. The summed E-state index contributed by atoms with van der Waals surface area (Å²) in [6.45, 7) is 7.96. The van der Waals surface area contributed by atoms with Gasteiger partial charge in [0.1, 0.15) is 0 Å². The molecule has 8 heteroatoms. The average molecular weight is 423 g/mol. The maximum absolute atomic E-state index is 12.5. The molecule has 3 aliphatic heterocycles. The molecule has 0 radical (unpaired) electrons. The molecule has 0 bridgehead atoms. The fourth-order valence-corrected chi connectivity index (χ4v) is 4.29. The molecule has 0 saturated carbocycles. The van der Waals surface area contributed by atoms with Crippen molar-refractivity contribution in [3.8, 4) is 0 Å². The number of halogens is 2. The van der Waals surface area contributed by atoms with Gasteiger partial charge in [-0.2, -0.15) is 0 Å². The third-order valence-corrected chi connectivity index (χ3v) is 5.98. The van der Waals surface area contributed by atoms with Crippen LogP contribution in [-0.4, -0.2) is 85.4 Å². The zero-order valence-electron chi connectivity index (χ0n) is 16.4. The molecule has 3 aliphatic rings. The number of carbonyl (C=O) groups excluding carboxylic acids is 2. The Morgan fingerprint density at radius 1 is 0.778 bits per heavy atom. The molecular weight excluding hydrogens is 387 g/mol. The summed E-state index contributed by atoms with van der Waals surface area (Å²) >= 11 is 0. The van der Waals surface area contributed by atoms with Crippen molar-refractivity contribution >= 4 is 36.6 Å². The Balaban J connectivity index is 0.00000182. The zero-order chi connectivity index (χ0) is 17.5. The molecule has 27 heavy (non-hydrogen) atoms. The Kier molecular flexibility index (Phi) is 11.6. The molecule has 3 saturated heterocycles. The number of piperidine rings is 1. The predicted octanol–water partition coefficient (Wildman–Crippen LogP) is 1.77. The van der Waals surface area contributed by atoms with E-state index in [9.17, 15) is 9.59 Å². The fraction of sp³-hybridized carbons (Fsp3) is 0.895. The van der Waals surface area contributed by atoms with Gasteiger partial charge in [-0.15, -0.1) is 24.8 Å². The van der Waals surface area contributed by atoms with E-state index in [1.807, 2.05) is 9.80 Å². The van der Waals surface area contributed by atoms with Crippen LogP contribution < -0.4 is 5.32 Å². The second-order valence-electron chi connectivity index (χ2n) is 7.83. The minimum atomic E-state index is 0. The first-order chi connectivity index (χ1) is 12.2. The van der Waals surface area contributed by atoms with Crippen molar-refractivity contribution in [2.24, 2.45) is 5.92 Å². The van der Waals surface area contributed by atoms with E-state index in [1.54, 1.807) is 0 Å². The number of amides is 2. The second-order valence-corrected chi connectivity index (χ2v) is 7.83. The summed E-state index contributed by atoms with van der Waals surface area (Å²) in [6.07, 6.45) is 7.41. The van der Waals surface area contributed by atoms with E-state index in [1.165, 1.54) is 12.8 Å². The minimum Gasteiger partial charge on any atom is -0.342 e. The third kappa shape index (κ3) is 7.76. The van der Waals surface area contributed by atoms with Crippen molar-refractivity contribution in [3.63, 3.8) is 0 Å². The highest BCUT2D eigenvalue weighted by atomic mass is 35.5. The third-order valence-electron chi connectivity index (χ3n) is 5.98. The summed E-state index contributed by atoms with van der Waals surface area (Å²) in [5.74, 6) is 1.29. The lowest BCUT2D eigenvalue weighted by molar-refractivity contribution is -0.131. The van der Waals surface area contributed by atoms with Gasteiger partial charge in [-0.3, -0.25) is 14.5 Å². The number of hydrogen-bond donors (Lipinski definition) is 1. The number of hydrogen-bond acceptors (Lipinski definition) is 4. The van der Waals surface area contributed by atoms with Gasteiger partial charge in [-0.1, -0.05) is 0 Å². The van der Waals surface area contributed by atoms with E-state index < -0.39 is 0 Å². The van der Waals surface area contributed by atoms with Crippen LogP contribution in [0.5, 0.6) is 0 Å². The van der Waals surface area contributed by atoms with E-state index in [-0.39, 0.29) is 30.7 Å². The van der Waals surface area contributed by atoms with Crippen LogP contribution in [0.25, 0.3) is 0 Å². The Morgan fingerprint density at radius 2 is 1.41 bits per heavy atom. The monoisotopic (exact) mass is 422 g/mol. The van der Waals surface area contributed by atoms with E-state index in [2.05, 4.69) is 10.2 Å². The highest BCUT2D eigenvalue weighted by molar-refractivity contribution is 5.85. The van der Waals surface area contributed by atoms with Crippen LogP contribution in [0, 0.1) is 5.92 Å². The van der Waals surface area contributed by atoms with Crippen LogP contribution in [0.3, 0.4) is 0 Å². The van der Waals surface area contributed by atoms with Crippen molar-refractivity contribution in [2.45, 2.75) is 44.9 Å². The van der Waals surface area contributed by atoms with Crippen LogP contribution in [0.15, 0.2) is 0 Å². The largest absolute Gasteiger partial charge is 0.342 e. The van der Waals surface area contributed by atoms with Gasteiger partial charge in [0.2, 0.25) is 11.8 Å².